The molecule has 13 nitrogen and oxygen atoms in total. The molecule has 0 aromatic rings. The van der Waals surface area contributed by atoms with Gasteiger partial charge in [-0.05, 0) is 32.2 Å². The van der Waals surface area contributed by atoms with E-state index in [1.165, 1.54) is 0 Å². The van der Waals surface area contributed by atoms with E-state index in [4.69, 9.17) is 15.9 Å². The normalized spacial score (nSPS) is 17.4. The summed E-state index contributed by atoms with van der Waals surface area (Å²) in [6.07, 6.45) is 0.276. The maximum atomic E-state index is 12.7. The summed E-state index contributed by atoms with van der Waals surface area (Å²) in [4.78, 5) is 69.7. The molecule has 3 atom stereocenters. The van der Waals surface area contributed by atoms with Crippen molar-refractivity contribution in [3.8, 4) is 0 Å². The number of aliphatic carboxylic acids is 2. The van der Waals surface area contributed by atoms with Crippen molar-refractivity contribution in [3.63, 3.8) is 0 Å². The van der Waals surface area contributed by atoms with Crippen LogP contribution in [-0.2, 0) is 28.8 Å². The molecule has 0 radical (unpaired) electrons. The van der Waals surface area contributed by atoms with E-state index in [0.717, 1.165) is 6.42 Å². The Morgan fingerprint density at radius 1 is 0.933 bits per heavy atom. The Morgan fingerprint density at radius 2 is 1.57 bits per heavy atom. The number of carbonyl (C=O) groups is 6. The predicted molar refractivity (Wildman–Crippen MR) is 101 cm³/mol. The number of primary amides is 1. The Balaban J connectivity index is 2.84. The van der Waals surface area contributed by atoms with Crippen molar-refractivity contribution in [3.05, 3.63) is 0 Å². The van der Waals surface area contributed by atoms with Crippen LogP contribution in [0.3, 0.4) is 0 Å². The lowest BCUT2D eigenvalue weighted by Gasteiger charge is -2.23. The quantitative estimate of drug-likeness (QED) is 0.159. The summed E-state index contributed by atoms with van der Waals surface area (Å²) in [6.45, 7) is -0.0648. The summed E-state index contributed by atoms with van der Waals surface area (Å²) >= 11 is 0. The second-order valence-electron chi connectivity index (χ2n) is 6.82. The van der Waals surface area contributed by atoms with Crippen molar-refractivity contribution >= 4 is 35.6 Å². The fourth-order valence-electron chi connectivity index (χ4n) is 2.83. The van der Waals surface area contributed by atoms with E-state index in [0.29, 0.717) is 13.0 Å². The molecule has 1 aliphatic heterocycles. The average Bonchev–Trinajstić information content (AvgIpc) is 3.20. The number of carboxylic acids is 2. The molecule has 0 aromatic heterocycles. The van der Waals surface area contributed by atoms with Crippen LogP contribution in [0, 0.1) is 0 Å². The van der Waals surface area contributed by atoms with E-state index >= 15 is 0 Å². The first kappa shape index (κ1) is 24.8. The number of amides is 4. The predicted octanol–water partition coefficient (Wildman–Crippen LogP) is -2.96. The first-order chi connectivity index (χ1) is 14.1. The van der Waals surface area contributed by atoms with Gasteiger partial charge in [0.05, 0.1) is 6.04 Å². The fourth-order valence-corrected chi connectivity index (χ4v) is 2.83. The van der Waals surface area contributed by atoms with Gasteiger partial charge in [0.1, 0.15) is 18.6 Å². The molecule has 1 saturated heterocycles. The van der Waals surface area contributed by atoms with Gasteiger partial charge in [0.15, 0.2) is 0 Å². The molecule has 1 aliphatic rings. The van der Waals surface area contributed by atoms with Crippen LogP contribution in [0.15, 0.2) is 0 Å². The molecular weight excluding hydrogens is 402 g/mol. The molecule has 1 rings (SSSR count). The number of rotatable bonds is 13. The minimum Gasteiger partial charge on any atom is -0.481 e. The standard InChI is InChI=1S/C17H27N5O8/c18-12(23)5-3-11(22-16(29)9-2-1-7-19-9)17(30)21-10(4-6-13(24)25)15(28)20-8-14(26)27/h9-11,19H,1-8H2,(H2,18,23)(H,20,28)(H,21,30)(H,22,29)(H,24,25)(H,26,27). The molecule has 13 heteroatoms. The van der Waals surface area contributed by atoms with Gasteiger partial charge in [-0.25, -0.2) is 0 Å². The van der Waals surface area contributed by atoms with Crippen molar-refractivity contribution in [2.45, 2.75) is 56.7 Å². The van der Waals surface area contributed by atoms with Crippen molar-refractivity contribution < 1.29 is 39.0 Å². The van der Waals surface area contributed by atoms with Crippen LogP contribution in [0.1, 0.15) is 38.5 Å². The average molecular weight is 429 g/mol. The van der Waals surface area contributed by atoms with E-state index in [2.05, 4.69) is 21.3 Å². The van der Waals surface area contributed by atoms with Crippen LogP contribution in [0.5, 0.6) is 0 Å². The molecule has 4 amide bonds. The third-order valence-electron chi connectivity index (χ3n) is 4.38. The van der Waals surface area contributed by atoms with Crippen molar-refractivity contribution in [1.29, 1.82) is 0 Å². The highest BCUT2D eigenvalue weighted by Crippen LogP contribution is 2.07. The number of carbonyl (C=O) groups excluding carboxylic acids is 4. The summed E-state index contributed by atoms with van der Waals surface area (Å²) in [5.74, 6) is -5.38. The third-order valence-corrected chi connectivity index (χ3v) is 4.38. The highest BCUT2D eigenvalue weighted by atomic mass is 16.4. The molecule has 1 heterocycles. The number of hydrogen-bond donors (Lipinski definition) is 7. The number of carboxylic acid groups (broad SMARTS) is 2. The van der Waals surface area contributed by atoms with E-state index < -0.39 is 66.7 Å². The summed E-state index contributed by atoms with van der Waals surface area (Å²) in [5.41, 5.74) is 5.11. The van der Waals surface area contributed by atoms with E-state index in [1.807, 2.05) is 0 Å². The molecule has 168 valence electrons. The first-order valence-electron chi connectivity index (χ1n) is 9.44. The smallest absolute Gasteiger partial charge is 0.322 e. The third kappa shape index (κ3) is 9.32. The number of nitrogens with two attached hydrogens (primary N) is 1. The first-order valence-corrected chi connectivity index (χ1v) is 9.44. The molecule has 0 spiro atoms. The van der Waals surface area contributed by atoms with Crippen molar-refractivity contribution in [2.75, 3.05) is 13.1 Å². The highest BCUT2D eigenvalue weighted by molar-refractivity contribution is 5.94. The van der Waals surface area contributed by atoms with Gasteiger partial charge < -0.3 is 37.2 Å². The zero-order valence-corrected chi connectivity index (χ0v) is 16.3. The van der Waals surface area contributed by atoms with E-state index in [-0.39, 0.29) is 19.3 Å². The Morgan fingerprint density at radius 3 is 2.10 bits per heavy atom. The Labute approximate surface area is 172 Å². The maximum absolute atomic E-state index is 12.7. The van der Waals surface area contributed by atoms with Crippen LogP contribution in [0.25, 0.3) is 0 Å². The fraction of sp³-hybridized carbons (Fsp3) is 0.647. The Kier molecular flexibility index (Phi) is 10.2. The Hall–Kier alpha value is -3.22. The topological polar surface area (TPSA) is 217 Å². The minimum atomic E-state index is -1.34. The molecule has 0 aliphatic carbocycles. The van der Waals surface area contributed by atoms with Crippen molar-refractivity contribution in [1.82, 2.24) is 21.3 Å². The van der Waals surface area contributed by atoms with Gasteiger partial charge in [0.25, 0.3) is 0 Å². The molecular formula is C17H27N5O8. The van der Waals surface area contributed by atoms with Gasteiger partial charge >= 0.3 is 11.9 Å². The van der Waals surface area contributed by atoms with Gasteiger partial charge in [-0.1, -0.05) is 0 Å². The molecule has 8 N–H and O–H groups in total. The zero-order valence-electron chi connectivity index (χ0n) is 16.3. The van der Waals surface area contributed by atoms with Crippen molar-refractivity contribution in [2.24, 2.45) is 5.73 Å². The van der Waals surface area contributed by atoms with Crippen LogP contribution >= 0.6 is 0 Å². The monoisotopic (exact) mass is 429 g/mol. The molecule has 0 bridgehead atoms. The number of hydrogen-bond acceptors (Lipinski definition) is 7. The SMILES string of the molecule is NC(=O)CCC(NC(=O)C1CCCN1)C(=O)NC(CCC(=O)O)C(=O)NCC(=O)O. The molecule has 0 saturated carbocycles. The lowest BCUT2D eigenvalue weighted by Crippen LogP contribution is -2.56. The van der Waals surface area contributed by atoms with Gasteiger partial charge in [0.2, 0.25) is 23.6 Å². The lowest BCUT2D eigenvalue weighted by molar-refractivity contribution is -0.140. The molecule has 3 unspecified atom stereocenters. The highest BCUT2D eigenvalue weighted by Gasteiger charge is 2.30. The van der Waals surface area contributed by atoms with Crippen LogP contribution < -0.4 is 27.0 Å². The lowest BCUT2D eigenvalue weighted by atomic mass is 10.1. The summed E-state index contributed by atoms with van der Waals surface area (Å²) in [6, 6.07) is -3.02. The van der Waals surface area contributed by atoms with Gasteiger partial charge in [-0.15, -0.1) is 0 Å². The van der Waals surface area contributed by atoms with E-state index in [9.17, 15) is 28.8 Å². The summed E-state index contributed by atoms with van der Waals surface area (Å²) < 4.78 is 0. The zero-order chi connectivity index (χ0) is 22.7. The van der Waals surface area contributed by atoms with Gasteiger partial charge in [-0.3, -0.25) is 28.8 Å². The van der Waals surface area contributed by atoms with Crippen LogP contribution in [-0.4, -0.2) is 77.0 Å². The summed E-state index contributed by atoms with van der Waals surface area (Å²) in [5, 5.41) is 27.4. The maximum Gasteiger partial charge on any atom is 0.322 e. The second-order valence-corrected chi connectivity index (χ2v) is 6.82. The largest absolute Gasteiger partial charge is 0.481 e. The van der Waals surface area contributed by atoms with Crippen LogP contribution in [0.4, 0.5) is 0 Å². The minimum absolute atomic E-state index is 0.123. The van der Waals surface area contributed by atoms with Gasteiger partial charge in [0, 0.05) is 12.8 Å². The molecule has 0 aromatic carbocycles. The second kappa shape index (κ2) is 12.4. The summed E-state index contributed by atoms with van der Waals surface area (Å²) in [7, 11) is 0. The molecule has 1 fully saturated rings. The van der Waals surface area contributed by atoms with Gasteiger partial charge in [-0.2, -0.15) is 0 Å². The number of nitrogens with one attached hydrogen (secondary N) is 4. The Bertz CT molecular complexity index is 677. The van der Waals surface area contributed by atoms with Crippen LogP contribution in [0.2, 0.25) is 0 Å². The van der Waals surface area contributed by atoms with E-state index in [1.54, 1.807) is 0 Å². The molecule has 30 heavy (non-hydrogen) atoms.